The van der Waals surface area contributed by atoms with Crippen molar-refractivity contribution in [2.24, 2.45) is 0 Å². The molecular formula is C11H16ClNOS. The second-order valence-corrected chi connectivity index (χ2v) is 5.80. The second-order valence-electron chi connectivity index (χ2n) is 4.06. The van der Waals surface area contributed by atoms with E-state index in [9.17, 15) is 0 Å². The van der Waals surface area contributed by atoms with Crippen LogP contribution in [0.5, 0.6) is 0 Å². The molecule has 15 heavy (non-hydrogen) atoms. The van der Waals surface area contributed by atoms with Crippen LogP contribution in [-0.4, -0.2) is 19.3 Å². The fourth-order valence-corrected chi connectivity index (χ4v) is 2.96. The zero-order valence-electron chi connectivity index (χ0n) is 9.00. The van der Waals surface area contributed by atoms with Crippen LogP contribution in [0.2, 0.25) is 4.34 Å². The monoisotopic (exact) mass is 245 g/mol. The lowest BCUT2D eigenvalue weighted by molar-refractivity contribution is 0.0148. The number of methoxy groups -OCH3 is 1. The van der Waals surface area contributed by atoms with E-state index in [1.165, 1.54) is 4.88 Å². The second kappa shape index (κ2) is 4.83. The van der Waals surface area contributed by atoms with Crippen molar-refractivity contribution in [3.8, 4) is 0 Å². The van der Waals surface area contributed by atoms with Gasteiger partial charge >= 0.3 is 0 Å². The van der Waals surface area contributed by atoms with Gasteiger partial charge in [0, 0.05) is 24.1 Å². The number of halogens is 1. The van der Waals surface area contributed by atoms with Crippen molar-refractivity contribution >= 4 is 22.9 Å². The molecule has 0 spiro atoms. The van der Waals surface area contributed by atoms with Crippen molar-refractivity contribution in [3.05, 3.63) is 21.3 Å². The van der Waals surface area contributed by atoms with E-state index in [4.69, 9.17) is 16.3 Å². The topological polar surface area (TPSA) is 21.3 Å². The lowest BCUT2D eigenvalue weighted by Gasteiger charge is -2.36. The number of thiophene rings is 1. The molecule has 0 bridgehead atoms. The van der Waals surface area contributed by atoms with Crippen molar-refractivity contribution in [1.29, 1.82) is 0 Å². The molecule has 0 saturated heterocycles. The molecule has 1 unspecified atom stereocenters. The first-order chi connectivity index (χ1) is 7.19. The number of hydrogen-bond donors (Lipinski definition) is 1. The standard InChI is InChI=1S/C11H16ClNOS/c1-7(10-3-4-11(12)15-10)13-8-5-9(6-8)14-2/h3-4,7-9,13H,5-6H2,1-2H3. The normalized spacial score (nSPS) is 27.4. The molecule has 2 rings (SSSR count). The largest absolute Gasteiger partial charge is 0.381 e. The van der Waals surface area contributed by atoms with Gasteiger partial charge in [0.2, 0.25) is 0 Å². The van der Waals surface area contributed by atoms with Crippen LogP contribution in [0.25, 0.3) is 0 Å². The summed E-state index contributed by atoms with van der Waals surface area (Å²) >= 11 is 7.56. The van der Waals surface area contributed by atoms with E-state index in [1.807, 2.05) is 6.07 Å². The smallest absolute Gasteiger partial charge is 0.0931 e. The number of hydrogen-bond acceptors (Lipinski definition) is 3. The maximum atomic E-state index is 5.91. The van der Waals surface area contributed by atoms with Crippen LogP contribution in [0.3, 0.4) is 0 Å². The summed E-state index contributed by atoms with van der Waals surface area (Å²) in [5.41, 5.74) is 0. The van der Waals surface area contributed by atoms with Crippen molar-refractivity contribution in [2.75, 3.05) is 7.11 Å². The highest BCUT2D eigenvalue weighted by atomic mass is 35.5. The summed E-state index contributed by atoms with van der Waals surface area (Å²) in [5.74, 6) is 0. The third kappa shape index (κ3) is 2.72. The highest BCUT2D eigenvalue weighted by Crippen LogP contribution is 2.30. The SMILES string of the molecule is COC1CC(NC(C)c2ccc(Cl)s2)C1. The lowest BCUT2D eigenvalue weighted by atomic mass is 9.88. The van der Waals surface area contributed by atoms with E-state index < -0.39 is 0 Å². The molecule has 1 aromatic rings. The minimum Gasteiger partial charge on any atom is -0.381 e. The third-order valence-electron chi connectivity index (χ3n) is 2.93. The molecular weight excluding hydrogens is 230 g/mol. The van der Waals surface area contributed by atoms with Crippen LogP contribution < -0.4 is 5.32 Å². The van der Waals surface area contributed by atoms with Crippen LogP contribution in [0, 0.1) is 0 Å². The molecule has 0 aromatic carbocycles. The predicted octanol–water partition coefficient (Wildman–Crippen LogP) is 3.23. The van der Waals surface area contributed by atoms with Crippen LogP contribution in [-0.2, 0) is 4.74 Å². The molecule has 1 fully saturated rings. The Labute approximate surface area is 99.6 Å². The van der Waals surface area contributed by atoms with Crippen molar-refractivity contribution < 1.29 is 4.74 Å². The summed E-state index contributed by atoms with van der Waals surface area (Å²) < 4.78 is 6.11. The molecule has 1 atom stereocenters. The van der Waals surface area contributed by atoms with Gasteiger partial charge in [0.05, 0.1) is 10.4 Å². The van der Waals surface area contributed by atoms with Gasteiger partial charge in [0.25, 0.3) is 0 Å². The molecule has 0 aliphatic heterocycles. The van der Waals surface area contributed by atoms with Crippen LogP contribution >= 0.6 is 22.9 Å². The molecule has 0 amide bonds. The Morgan fingerprint density at radius 2 is 2.27 bits per heavy atom. The Hall–Kier alpha value is -0.0900. The first kappa shape index (κ1) is 11.4. The molecule has 4 heteroatoms. The number of rotatable bonds is 4. The fourth-order valence-electron chi connectivity index (χ4n) is 1.89. The molecule has 1 heterocycles. The average molecular weight is 246 g/mol. The summed E-state index contributed by atoms with van der Waals surface area (Å²) in [7, 11) is 1.78. The summed E-state index contributed by atoms with van der Waals surface area (Å²) in [6.07, 6.45) is 2.71. The molecule has 84 valence electrons. The Bertz CT molecular complexity index is 322. The highest BCUT2D eigenvalue weighted by Gasteiger charge is 2.29. The van der Waals surface area contributed by atoms with E-state index in [0.717, 1.165) is 17.2 Å². The van der Waals surface area contributed by atoms with E-state index in [-0.39, 0.29) is 0 Å². The van der Waals surface area contributed by atoms with Crippen LogP contribution in [0.4, 0.5) is 0 Å². The van der Waals surface area contributed by atoms with Gasteiger partial charge in [0.1, 0.15) is 0 Å². The third-order valence-corrected chi connectivity index (χ3v) is 4.35. The summed E-state index contributed by atoms with van der Waals surface area (Å²) in [4.78, 5) is 1.31. The first-order valence-electron chi connectivity index (χ1n) is 5.23. The van der Waals surface area contributed by atoms with Gasteiger partial charge in [-0.25, -0.2) is 0 Å². The van der Waals surface area contributed by atoms with Gasteiger partial charge in [-0.05, 0) is 31.9 Å². The van der Waals surface area contributed by atoms with Gasteiger partial charge in [-0.2, -0.15) is 0 Å². The van der Waals surface area contributed by atoms with Crippen LogP contribution in [0.15, 0.2) is 12.1 Å². The maximum absolute atomic E-state index is 5.91. The number of nitrogens with one attached hydrogen (secondary N) is 1. The molecule has 1 N–H and O–H groups in total. The Balaban J connectivity index is 1.81. The van der Waals surface area contributed by atoms with Crippen molar-refractivity contribution in [2.45, 2.75) is 38.0 Å². The molecule has 1 aromatic heterocycles. The maximum Gasteiger partial charge on any atom is 0.0931 e. The molecule has 1 aliphatic carbocycles. The number of ether oxygens (including phenoxy) is 1. The summed E-state index contributed by atoms with van der Waals surface area (Å²) in [6.45, 7) is 2.18. The zero-order valence-corrected chi connectivity index (χ0v) is 10.6. The average Bonchev–Trinajstić information content (AvgIpc) is 2.57. The minimum atomic E-state index is 0.394. The Morgan fingerprint density at radius 3 is 2.80 bits per heavy atom. The fraction of sp³-hybridized carbons (Fsp3) is 0.636. The van der Waals surface area contributed by atoms with Crippen LogP contribution in [0.1, 0.15) is 30.7 Å². The Morgan fingerprint density at radius 1 is 1.53 bits per heavy atom. The minimum absolute atomic E-state index is 0.394. The highest BCUT2D eigenvalue weighted by molar-refractivity contribution is 7.16. The van der Waals surface area contributed by atoms with E-state index >= 15 is 0 Å². The lowest BCUT2D eigenvalue weighted by Crippen LogP contribution is -2.45. The van der Waals surface area contributed by atoms with Crippen molar-refractivity contribution in [1.82, 2.24) is 5.32 Å². The summed E-state index contributed by atoms with van der Waals surface area (Å²) in [5, 5.41) is 3.58. The first-order valence-corrected chi connectivity index (χ1v) is 6.42. The zero-order chi connectivity index (χ0) is 10.8. The van der Waals surface area contributed by atoms with E-state index in [2.05, 4.69) is 18.3 Å². The van der Waals surface area contributed by atoms with Gasteiger partial charge in [-0.3, -0.25) is 0 Å². The predicted molar refractivity (Wildman–Crippen MR) is 64.7 cm³/mol. The molecule has 2 nitrogen and oxygen atoms in total. The van der Waals surface area contributed by atoms with Gasteiger partial charge in [0.15, 0.2) is 0 Å². The molecule has 1 saturated carbocycles. The molecule has 1 aliphatic rings. The quantitative estimate of drug-likeness (QED) is 0.880. The summed E-state index contributed by atoms with van der Waals surface area (Å²) in [6, 6.07) is 5.05. The van der Waals surface area contributed by atoms with Crippen molar-refractivity contribution in [3.63, 3.8) is 0 Å². The Kier molecular flexibility index (Phi) is 3.67. The van der Waals surface area contributed by atoms with E-state index in [0.29, 0.717) is 18.2 Å². The van der Waals surface area contributed by atoms with Gasteiger partial charge in [-0.15, -0.1) is 11.3 Å². The van der Waals surface area contributed by atoms with Gasteiger partial charge < -0.3 is 10.1 Å². The van der Waals surface area contributed by atoms with Gasteiger partial charge in [-0.1, -0.05) is 11.6 Å². The van der Waals surface area contributed by atoms with E-state index in [1.54, 1.807) is 18.4 Å². The molecule has 0 radical (unpaired) electrons.